The smallest absolute Gasteiger partial charge is 0.329 e. The molecule has 0 aromatic heterocycles. The van der Waals surface area contributed by atoms with E-state index in [4.69, 9.17) is 4.74 Å². The molecule has 0 bridgehead atoms. The Morgan fingerprint density at radius 3 is 2.32 bits per heavy atom. The number of amides is 3. The summed E-state index contributed by atoms with van der Waals surface area (Å²) in [5.41, 5.74) is 1.99. The van der Waals surface area contributed by atoms with Gasteiger partial charge in [0.15, 0.2) is 0 Å². The lowest BCUT2D eigenvalue weighted by Crippen LogP contribution is -2.30. The first-order valence-corrected chi connectivity index (χ1v) is 10.6. The fourth-order valence-corrected chi connectivity index (χ4v) is 4.29. The maximum absolute atomic E-state index is 12.3. The highest BCUT2D eigenvalue weighted by molar-refractivity contribution is 9.11. The van der Waals surface area contributed by atoms with Gasteiger partial charge < -0.3 is 10.1 Å². The fraction of sp³-hybridized carbons (Fsp3) is 0.100. The van der Waals surface area contributed by atoms with Crippen LogP contribution in [0.25, 0.3) is 6.08 Å². The maximum atomic E-state index is 12.3. The zero-order valence-corrected chi connectivity index (χ0v) is 19.3. The number of halogens is 3. The molecule has 1 N–H and O–H groups in total. The van der Waals surface area contributed by atoms with Crippen LogP contribution in [0.2, 0.25) is 0 Å². The molecule has 1 aliphatic rings. The summed E-state index contributed by atoms with van der Waals surface area (Å²) in [6.07, 6.45) is 3.13. The molecule has 0 atom stereocenters. The van der Waals surface area contributed by atoms with E-state index in [0.29, 0.717) is 12.4 Å². The van der Waals surface area contributed by atoms with Gasteiger partial charge in [0, 0.05) is 11.0 Å². The largest absolute Gasteiger partial charge is 0.487 e. The summed E-state index contributed by atoms with van der Waals surface area (Å²) in [6, 6.07) is 11.1. The van der Waals surface area contributed by atoms with Gasteiger partial charge in [0.2, 0.25) is 0 Å². The van der Waals surface area contributed by atoms with E-state index in [-0.39, 0.29) is 18.1 Å². The molecule has 0 unspecified atom stereocenters. The van der Waals surface area contributed by atoms with Crippen molar-refractivity contribution in [1.29, 1.82) is 0 Å². The number of benzene rings is 2. The number of carbonyl (C=O) groups excluding carboxylic acids is 2. The molecule has 2 aromatic carbocycles. The number of ether oxygens (including phenoxy) is 1. The first-order valence-electron chi connectivity index (χ1n) is 8.20. The minimum atomic E-state index is -0.455. The number of urea groups is 1. The number of imide groups is 1. The molecule has 3 amide bonds. The van der Waals surface area contributed by atoms with Gasteiger partial charge in [0.25, 0.3) is 5.91 Å². The van der Waals surface area contributed by atoms with Crippen molar-refractivity contribution >= 4 is 65.8 Å². The predicted octanol–water partition coefficient (Wildman–Crippen LogP) is 5.63. The topological polar surface area (TPSA) is 58.6 Å². The van der Waals surface area contributed by atoms with Crippen molar-refractivity contribution in [3.05, 3.63) is 79.3 Å². The Kier molecular flexibility index (Phi) is 6.74. The molecule has 1 aliphatic heterocycles. The van der Waals surface area contributed by atoms with Gasteiger partial charge in [-0.05, 0) is 73.3 Å². The van der Waals surface area contributed by atoms with Gasteiger partial charge in [-0.3, -0.25) is 9.69 Å². The van der Waals surface area contributed by atoms with Gasteiger partial charge in [-0.1, -0.05) is 34.1 Å². The Bertz CT molecular complexity index is 948. The average Bonchev–Trinajstić information content (AvgIpc) is 2.90. The van der Waals surface area contributed by atoms with Gasteiger partial charge >= 0.3 is 6.03 Å². The lowest BCUT2D eigenvalue weighted by Gasteiger charge is -2.12. The van der Waals surface area contributed by atoms with Gasteiger partial charge in [-0.2, -0.15) is 0 Å². The standard InChI is InChI=1S/C20H15Br3N2O3/c1-2-7-25-19(26)17(24-20(25)27)10-13-8-15(22)18(16(23)9-13)28-11-12-3-5-14(21)6-4-12/h2-6,8-10H,1,7,11H2,(H,24,27)/b17-10+. The Hall–Kier alpha value is -1.90. The summed E-state index contributed by atoms with van der Waals surface area (Å²) in [6.45, 7) is 4.13. The average molecular weight is 571 g/mol. The van der Waals surface area contributed by atoms with Crippen molar-refractivity contribution in [2.24, 2.45) is 0 Å². The molecule has 8 heteroatoms. The van der Waals surface area contributed by atoms with Crippen LogP contribution in [-0.2, 0) is 11.4 Å². The number of nitrogens with zero attached hydrogens (tertiary/aromatic N) is 1. The van der Waals surface area contributed by atoms with Crippen LogP contribution in [0.15, 0.2) is 68.2 Å². The van der Waals surface area contributed by atoms with E-state index in [2.05, 4.69) is 59.7 Å². The Balaban J connectivity index is 1.78. The second-order valence-corrected chi connectivity index (χ2v) is 8.55. The quantitative estimate of drug-likeness (QED) is 0.278. The monoisotopic (exact) mass is 568 g/mol. The van der Waals surface area contributed by atoms with Crippen LogP contribution < -0.4 is 10.1 Å². The van der Waals surface area contributed by atoms with E-state index >= 15 is 0 Å². The molecule has 0 spiro atoms. The maximum Gasteiger partial charge on any atom is 0.329 e. The zero-order valence-electron chi connectivity index (χ0n) is 14.5. The number of hydrogen-bond acceptors (Lipinski definition) is 3. The lowest BCUT2D eigenvalue weighted by atomic mass is 10.2. The van der Waals surface area contributed by atoms with E-state index in [1.165, 1.54) is 6.08 Å². The Labute approximate surface area is 187 Å². The molecule has 0 radical (unpaired) electrons. The highest BCUT2D eigenvalue weighted by atomic mass is 79.9. The molecule has 144 valence electrons. The normalized spacial score (nSPS) is 15.1. The van der Waals surface area contributed by atoms with Crippen LogP contribution in [0.3, 0.4) is 0 Å². The summed E-state index contributed by atoms with van der Waals surface area (Å²) in [7, 11) is 0. The fourth-order valence-electron chi connectivity index (χ4n) is 2.57. The molecule has 1 fully saturated rings. The second kappa shape index (κ2) is 9.07. The molecule has 0 aliphatic carbocycles. The molecular weight excluding hydrogens is 556 g/mol. The first kappa shape index (κ1) is 20.8. The minimum Gasteiger partial charge on any atom is -0.487 e. The van der Waals surface area contributed by atoms with Crippen LogP contribution in [0, 0.1) is 0 Å². The summed E-state index contributed by atoms with van der Waals surface area (Å²) < 4.78 is 8.39. The van der Waals surface area contributed by atoms with E-state index < -0.39 is 6.03 Å². The van der Waals surface area contributed by atoms with E-state index in [1.54, 1.807) is 6.08 Å². The van der Waals surface area contributed by atoms with E-state index in [1.807, 2.05) is 36.4 Å². The van der Waals surface area contributed by atoms with Crippen LogP contribution in [0.5, 0.6) is 5.75 Å². The summed E-state index contributed by atoms with van der Waals surface area (Å²) in [4.78, 5) is 25.3. The minimum absolute atomic E-state index is 0.165. The highest BCUT2D eigenvalue weighted by Crippen LogP contribution is 2.36. The Morgan fingerprint density at radius 2 is 1.71 bits per heavy atom. The molecule has 1 saturated heterocycles. The van der Waals surface area contributed by atoms with Crippen LogP contribution >= 0.6 is 47.8 Å². The SMILES string of the molecule is C=CCN1C(=O)N/C(=C/c2cc(Br)c(OCc3ccc(Br)cc3)c(Br)c2)C1=O. The van der Waals surface area contributed by atoms with Crippen molar-refractivity contribution in [2.45, 2.75) is 6.61 Å². The van der Waals surface area contributed by atoms with Gasteiger partial charge in [-0.25, -0.2) is 4.79 Å². The molecule has 0 saturated carbocycles. The van der Waals surface area contributed by atoms with Crippen molar-refractivity contribution in [1.82, 2.24) is 10.2 Å². The third kappa shape index (κ3) is 4.74. The van der Waals surface area contributed by atoms with Crippen molar-refractivity contribution in [3.8, 4) is 5.75 Å². The predicted molar refractivity (Wildman–Crippen MR) is 119 cm³/mol. The molecule has 28 heavy (non-hydrogen) atoms. The van der Waals surface area contributed by atoms with Crippen LogP contribution in [0.1, 0.15) is 11.1 Å². The number of nitrogens with one attached hydrogen (secondary N) is 1. The first-order chi connectivity index (χ1) is 13.4. The second-order valence-electron chi connectivity index (χ2n) is 5.92. The van der Waals surface area contributed by atoms with E-state index in [9.17, 15) is 9.59 Å². The van der Waals surface area contributed by atoms with Crippen molar-refractivity contribution < 1.29 is 14.3 Å². The molecule has 1 heterocycles. The molecule has 2 aromatic rings. The summed E-state index contributed by atoms with van der Waals surface area (Å²) in [5, 5.41) is 2.58. The summed E-state index contributed by atoms with van der Waals surface area (Å²) >= 11 is 10.4. The van der Waals surface area contributed by atoms with Crippen LogP contribution in [0.4, 0.5) is 4.79 Å². The molecular formula is C20H15Br3N2O3. The lowest BCUT2D eigenvalue weighted by molar-refractivity contribution is -0.122. The zero-order chi connectivity index (χ0) is 20.3. The summed E-state index contributed by atoms with van der Waals surface area (Å²) in [5.74, 6) is 0.271. The van der Waals surface area contributed by atoms with Crippen LogP contribution in [-0.4, -0.2) is 23.4 Å². The number of rotatable bonds is 6. The van der Waals surface area contributed by atoms with E-state index in [0.717, 1.165) is 29.4 Å². The molecule has 3 rings (SSSR count). The van der Waals surface area contributed by atoms with Gasteiger partial charge in [0.1, 0.15) is 18.1 Å². The van der Waals surface area contributed by atoms with Gasteiger partial charge in [0.05, 0.1) is 8.95 Å². The third-order valence-corrected chi connectivity index (χ3v) is 5.61. The van der Waals surface area contributed by atoms with Crippen molar-refractivity contribution in [3.63, 3.8) is 0 Å². The third-order valence-electron chi connectivity index (χ3n) is 3.90. The van der Waals surface area contributed by atoms with Gasteiger partial charge in [-0.15, -0.1) is 6.58 Å². The van der Waals surface area contributed by atoms with Crippen molar-refractivity contribution in [2.75, 3.05) is 6.54 Å². The molecule has 5 nitrogen and oxygen atoms in total. The Morgan fingerprint density at radius 1 is 1.07 bits per heavy atom. The number of hydrogen-bond donors (Lipinski definition) is 1. The highest BCUT2D eigenvalue weighted by Gasteiger charge is 2.32. The number of carbonyl (C=O) groups is 2.